The van der Waals surface area contributed by atoms with Gasteiger partial charge in [-0.05, 0) is 67.0 Å². The molecule has 0 spiro atoms. The highest BCUT2D eigenvalue weighted by Crippen LogP contribution is 2.46. The highest BCUT2D eigenvalue weighted by molar-refractivity contribution is 6.25. The van der Waals surface area contributed by atoms with Crippen LogP contribution in [-0.2, 0) is 0 Å². The molecule has 0 saturated heterocycles. The molecule has 0 fully saturated rings. The number of benzene rings is 7. The van der Waals surface area contributed by atoms with E-state index < -0.39 is 36.3 Å². The molecule has 1 aromatic heterocycles. The van der Waals surface area contributed by atoms with Crippen molar-refractivity contribution in [3.05, 3.63) is 145 Å². The Hall–Kier alpha value is -5.14. The Bertz CT molecular complexity index is 2680. The Balaban J connectivity index is 1.58. The maximum absolute atomic E-state index is 9.24. The van der Waals surface area contributed by atoms with Crippen LogP contribution in [-0.4, -0.2) is 0 Å². The van der Waals surface area contributed by atoms with Crippen molar-refractivity contribution in [2.24, 2.45) is 0 Å². The van der Waals surface area contributed by atoms with Crippen molar-refractivity contribution >= 4 is 43.5 Å². The lowest BCUT2D eigenvalue weighted by atomic mass is 9.84. The number of fused-ring (bicyclic) bond motifs is 5. The molecule has 1 heterocycles. The molecule has 0 bridgehead atoms. The van der Waals surface area contributed by atoms with Gasteiger partial charge in [-0.25, -0.2) is 0 Å². The SMILES string of the molecule is [2H]c1c([2H])c(-c2c3ccccc3c(-c3c([2H])c([2H])c([2H])c4oc5c([2H])c([2H])c([2H])c([2H])c5c34)c3ccccc23)c([2H])c([2H])c1-c1ccccc1. The zero-order valence-electron chi connectivity index (χ0n) is 31.4. The molecule has 8 aromatic rings. The summed E-state index contributed by atoms with van der Waals surface area (Å²) in [6.45, 7) is 0. The lowest BCUT2D eigenvalue weighted by molar-refractivity contribution is 0.669. The summed E-state index contributed by atoms with van der Waals surface area (Å²) in [5.41, 5.74) is 1.54. The molecule has 0 saturated carbocycles. The van der Waals surface area contributed by atoms with Gasteiger partial charge in [0.15, 0.2) is 0 Å². The van der Waals surface area contributed by atoms with Gasteiger partial charge in [0.25, 0.3) is 0 Å². The van der Waals surface area contributed by atoms with E-state index in [-0.39, 0.29) is 68.8 Å². The molecule has 0 N–H and O–H groups in total. The first-order chi connectivity index (χ1) is 24.0. The maximum atomic E-state index is 9.24. The number of rotatable bonds is 3. The van der Waals surface area contributed by atoms with Crippen LogP contribution in [0.2, 0.25) is 0 Å². The number of para-hydroxylation sites is 1. The Labute approximate surface area is 242 Å². The van der Waals surface area contributed by atoms with Crippen LogP contribution in [0.1, 0.15) is 15.1 Å². The van der Waals surface area contributed by atoms with Crippen LogP contribution in [0.25, 0.3) is 76.9 Å². The molecule has 0 aliphatic heterocycles. The second-order valence-electron chi connectivity index (χ2n) is 9.22. The van der Waals surface area contributed by atoms with E-state index >= 15 is 0 Å². The van der Waals surface area contributed by atoms with Gasteiger partial charge in [0.05, 0.1) is 15.1 Å². The van der Waals surface area contributed by atoms with Gasteiger partial charge >= 0.3 is 0 Å². The van der Waals surface area contributed by atoms with E-state index in [0.717, 1.165) is 0 Å². The van der Waals surface area contributed by atoms with Crippen LogP contribution in [0, 0.1) is 0 Å². The Kier molecular flexibility index (Phi) is 3.04. The first-order valence-corrected chi connectivity index (χ1v) is 12.5. The zero-order chi connectivity index (χ0) is 35.3. The average Bonchev–Trinajstić information content (AvgIpc) is 3.53. The van der Waals surface area contributed by atoms with Crippen LogP contribution in [0.4, 0.5) is 0 Å². The molecule has 8 rings (SSSR count). The van der Waals surface area contributed by atoms with E-state index in [4.69, 9.17) is 15.4 Å². The van der Waals surface area contributed by atoms with Crippen LogP contribution >= 0.6 is 0 Å². The minimum Gasteiger partial charge on any atom is -0.456 e. The molecule has 0 amide bonds. The van der Waals surface area contributed by atoms with Crippen molar-refractivity contribution in [3.8, 4) is 33.4 Å². The molecule has 7 aromatic carbocycles. The quantitative estimate of drug-likeness (QED) is 0.217. The number of hydrogen-bond acceptors (Lipinski definition) is 1. The van der Waals surface area contributed by atoms with E-state index in [9.17, 15) is 4.11 Å². The average molecular weight is 508 g/mol. The summed E-state index contributed by atoms with van der Waals surface area (Å²) in [7, 11) is 0. The third-order valence-corrected chi connectivity index (χ3v) is 7.07. The van der Waals surface area contributed by atoms with Gasteiger partial charge in [-0.15, -0.1) is 0 Å². The molecule has 0 unspecified atom stereocenters. The topological polar surface area (TPSA) is 13.1 Å². The first-order valence-electron chi connectivity index (χ1n) is 18.0. The van der Waals surface area contributed by atoms with Crippen molar-refractivity contribution in [2.45, 2.75) is 0 Å². The number of hydrogen-bond donors (Lipinski definition) is 0. The summed E-state index contributed by atoms with van der Waals surface area (Å²) in [5.74, 6) is 0. The largest absolute Gasteiger partial charge is 0.456 e. The molecule has 0 atom stereocenters. The van der Waals surface area contributed by atoms with Gasteiger partial charge in [0, 0.05) is 10.8 Å². The monoisotopic (exact) mass is 507 g/mol. The second-order valence-corrected chi connectivity index (χ2v) is 9.22. The summed E-state index contributed by atoms with van der Waals surface area (Å²) >= 11 is 0. The Morgan fingerprint density at radius 2 is 0.974 bits per heavy atom. The van der Waals surface area contributed by atoms with Gasteiger partial charge in [0.2, 0.25) is 0 Å². The fourth-order valence-corrected chi connectivity index (χ4v) is 5.40. The third kappa shape index (κ3) is 3.41. The van der Waals surface area contributed by atoms with Crippen molar-refractivity contribution in [2.75, 3.05) is 0 Å². The fraction of sp³-hybridized carbons (Fsp3) is 0. The van der Waals surface area contributed by atoms with Gasteiger partial charge in [-0.2, -0.15) is 0 Å². The third-order valence-electron chi connectivity index (χ3n) is 7.07. The predicted octanol–water partition coefficient (Wildman–Crippen LogP) is 10.9. The van der Waals surface area contributed by atoms with E-state index in [2.05, 4.69) is 0 Å². The van der Waals surface area contributed by atoms with Crippen LogP contribution in [0.5, 0.6) is 0 Å². The Morgan fingerprint density at radius 3 is 1.67 bits per heavy atom. The van der Waals surface area contributed by atoms with Crippen molar-refractivity contribution in [1.29, 1.82) is 0 Å². The highest BCUT2D eigenvalue weighted by atomic mass is 16.3. The lowest BCUT2D eigenvalue weighted by Gasteiger charge is -2.18. The standard InChI is InChI=1S/C38H24O/c1-2-11-25(12-3-1)26-21-23-27(24-22-26)36-28-13-4-6-15-30(28)37(31-16-7-5-14-29(31)36)33-18-10-20-35-38(33)32-17-8-9-19-34(32)39-35/h1-24H/i8D,9D,10D,17D,18D,19D,20D,21D,22D,23D,24D. The highest BCUT2D eigenvalue weighted by Gasteiger charge is 2.19. The van der Waals surface area contributed by atoms with Gasteiger partial charge in [0.1, 0.15) is 11.2 Å². The normalized spacial score (nSPS) is 15.5. The predicted molar refractivity (Wildman–Crippen MR) is 165 cm³/mol. The number of furan rings is 1. The first kappa shape index (κ1) is 13.6. The van der Waals surface area contributed by atoms with Gasteiger partial charge in [-0.1, -0.05) is 133 Å². The fourth-order valence-electron chi connectivity index (χ4n) is 5.40. The second kappa shape index (κ2) is 8.72. The molecule has 39 heavy (non-hydrogen) atoms. The summed E-state index contributed by atoms with van der Waals surface area (Å²) in [4.78, 5) is 0. The van der Waals surface area contributed by atoms with E-state index in [1.165, 1.54) is 0 Å². The van der Waals surface area contributed by atoms with Crippen molar-refractivity contribution in [3.63, 3.8) is 0 Å². The maximum Gasteiger partial charge on any atom is 0.136 e. The molecular formula is C38H24O. The Morgan fingerprint density at radius 1 is 0.410 bits per heavy atom. The summed E-state index contributed by atoms with van der Waals surface area (Å²) in [5, 5.41) is 2.25. The molecular weight excluding hydrogens is 472 g/mol. The minimum absolute atomic E-state index is 0.00340. The molecule has 0 aliphatic carbocycles. The molecule has 0 radical (unpaired) electrons. The van der Waals surface area contributed by atoms with E-state index in [1.807, 2.05) is 6.07 Å². The summed E-state index contributed by atoms with van der Waals surface area (Å²) in [6, 6.07) is 19.2. The molecule has 1 heteroatoms. The molecule has 1 nitrogen and oxygen atoms in total. The smallest absolute Gasteiger partial charge is 0.136 e. The van der Waals surface area contributed by atoms with Crippen LogP contribution in [0.3, 0.4) is 0 Å². The molecule has 182 valence electrons. The summed E-state index contributed by atoms with van der Waals surface area (Å²) < 4.78 is 103. The van der Waals surface area contributed by atoms with Crippen molar-refractivity contribution in [1.82, 2.24) is 0 Å². The van der Waals surface area contributed by atoms with Crippen LogP contribution in [0.15, 0.2) is 150 Å². The minimum atomic E-state index is -0.509. The lowest BCUT2D eigenvalue weighted by Crippen LogP contribution is -1.91. The van der Waals surface area contributed by atoms with Crippen LogP contribution < -0.4 is 0 Å². The van der Waals surface area contributed by atoms with Gasteiger partial charge in [-0.3, -0.25) is 0 Å². The summed E-state index contributed by atoms with van der Waals surface area (Å²) in [6.07, 6.45) is 0. The van der Waals surface area contributed by atoms with Crippen molar-refractivity contribution < 1.29 is 19.5 Å². The van der Waals surface area contributed by atoms with Gasteiger partial charge < -0.3 is 4.42 Å². The van der Waals surface area contributed by atoms with E-state index in [1.54, 1.807) is 72.8 Å². The van der Waals surface area contributed by atoms with E-state index in [0.29, 0.717) is 38.2 Å². The zero-order valence-corrected chi connectivity index (χ0v) is 20.4. The molecule has 0 aliphatic rings.